The molecule has 1 aromatic rings. The molecule has 0 radical (unpaired) electrons. The Labute approximate surface area is 79.1 Å². The van der Waals surface area contributed by atoms with Crippen molar-refractivity contribution in [1.29, 1.82) is 0 Å². The maximum atomic E-state index is 10.6. The van der Waals surface area contributed by atoms with E-state index in [0.29, 0.717) is 0 Å². The van der Waals surface area contributed by atoms with Gasteiger partial charge in [0.05, 0.1) is 16.1 Å². The van der Waals surface area contributed by atoms with Crippen LogP contribution in [0.25, 0.3) is 0 Å². The Hall–Kier alpha value is -1.03. The van der Waals surface area contributed by atoms with E-state index in [1.807, 2.05) is 30.3 Å². The van der Waals surface area contributed by atoms with E-state index in [9.17, 15) is 4.79 Å². The molecule has 1 amide bonds. The Kier molecular flexibility index (Phi) is 3.60. The van der Waals surface area contributed by atoms with Crippen LogP contribution in [0.5, 0.6) is 0 Å². The van der Waals surface area contributed by atoms with Gasteiger partial charge in [0.25, 0.3) is 0 Å². The van der Waals surface area contributed by atoms with E-state index in [4.69, 9.17) is 4.74 Å². The van der Waals surface area contributed by atoms with E-state index in [0.717, 1.165) is 5.56 Å². The second-order valence-electron chi connectivity index (χ2n) is 2.16. The summed E-state index contributed by atoms with van der Waals surface area (Å²) in [6, 6.07) is 9.48. The number of benzene rings is 1. The molecule has 0 heterocycles. The Bertz CT molecular complexity index is 250. The van der Waals surface area contributed by atoms with Crippen LogP contribution >= 0.6 is 16.1 Å². The summed E-state index contributed by atoms with van der Waals surface area (Å²) in [5, 5.41) is 0. The summed E-state index contributed by atoms with van der Waals surface area (Å²) in [6.45, 7) is 0.290. The van der Waals surface area contributed by atoms with E-state index in [-0.39, 0.29) is 6.61 Å². The summed E-state index contributed by atoms with van der Waals surface area (Å²) in [6.07, 6.45) is -0.487. The van der Waals surface area contributed by atoms with Crippen LogP contribution in [0.2, 0.25) is 0 Å². The number of nitrogens with one attached hydrogen (secondary N) is 1. The topological polar surface area (TPSA) is 38.3 Å². The van der Waals surface area contributed by atoms with E-state index in [1.54, 1.807) is 0 Å². The van der Waals surface area contributed by atoms with E-state index in [2.05, 4.69) is 20.5 Å². The Morgan fingerprint density at radius 2 is 2.08 bits per heavy atom. The SMILES string of the molecule is O=C(NBr)OCc1ccccc1. The highest BCUT2D eigenvalue weighted by molar-refractivity contribution is 9.08. The Balaban J connectivity index is 2.38. The summed E-state index contributed by atoms with van der Waals surface area (Å²) >= 11 is 2.76. The van der Waals surface area contributed by atoms with Crippen molar-refractivity contribution in [2.75, 3.05) is 0 Å². The van der Waals surface area contributed by atoms with Crippen LogP contribution in [0.15, 0.2) is 30.3 Å². The van der Waals surface area contributed by atoms with Crippen molar-refractivity contribution in [2.45, 2.75) is 6.61 Å². The van der Waals surface area contributed by atoms with Crippen LogP contribution in [0.3, 0.4) is 0 Å². The summed E-state index contributed by atoms with van der Waals surface area (Å²) in [5.74, 6) is 0. The third-order valence-corrected chi connectivity index (χ3v) is 1.61. The Morgan fingerprint density at radius 3 is 2.67 bits per heavy atom. The number of halogens is 1. The van der Waals surface area contributed by atoms with Gasteiger partial charge in [-0.3, -0.25) is 4.34 Å². The lowest BCUT2D eigenvalue weighted by Gasteiger charge is -2.01. The molecule has 0 unspecified atom stereocenters. The van der Waals surface area contributed by atoms with Crippen molar-refractivity contribution < 1.29 is 9.53 Å². The van der Waals surface area contributed by atoms with Gasteiger partial charge in [0.1, 0.15) is 6.61 Å². The highest BCUT2D eigenvalue weighted by Gasteiger charge is 1.97. The van der Waals surface area contributed by atoms with Gasteiger partial charge >= 0.3 is 6.09 Å². The van der Waals surface area contributed by atoms with Crippen molar-refractivity contribution in [3.8, 4) is 0 Å². The molecular formula is C8H8BrNO2. The second-order valence-corrected chi connectivity index (χ2v) is 2.55. The number of amides is 1. The standard InChI is InChI=1S/C8H8BrNO2/c9-10-8(11)12-6-7-4-2-1-3-5-7/h1-5H,6H2,(H,10,11). The lowest BCUT2D eigenvalue weighted by molar-refractivity contribution is 0.147. The fraction of sp³-hybridized carbons (Fsp3) is 0.125. The fourth-order valence-electron chi connectivity index (χ4n) is 0.750. The van der Waals surface area contributed by atoms with Crippen LogP contribution in [0.4, 0.5) is 4.79 Å². The summed E-state index contributed by atoms with van der Waals surface area (Å²) < 4.78 is 6.97. The molecule has 1 rings (SSSR count). The molecule has 0 fully saturated rings. The summed E-state index contributed by atoms with van der Waals surface area (Å²) in [4.78, 5) is 10.6. The molecule has 0 aliphatic rings. The number of carbonyl (C=O) groups excluding carboxylic acids is 1. The zero-order chi connectivity index (χ0) is 8.81. The lowest BCUT2D eigenvalue weighted by Crippen LogP contribution is -2.13. The van der Waals surface area contributed by atoms with Crippen molar-refractivity contribution in [2.24, 2.45) is 0 Å². The molecule has 12 heavy (non-hydrogen) atoms. The predicted octanol–water partition coefficient (Wildman–Crippen LogP) is 2.22. The second kappa shape index (κ2) is 4.77. The average Bonchev–Trinajstić information content (AvgIpc) is 2.16. The monoisotopic (exact) mass is 229 g/mol. The molecule has 0 atom stereocenters. The van der Waals surface area contributed by atoms with Crippen LogP contribution in [0, 0.1) is 0 Å². The molecular weight excluding hydrogens is 222 g/mol. The van der Waals surface area contributed by atoms with Gasteiger partial charge in [0.15, 0.2) is 0 Å². The summed E-state index contributed by atoms with van der Waals surface area (Å²) in [5.41, 5.74) is 0.966. The maximum absolute atomic E-state index is 10.6. The van der Waals surface area contributed by atoms with Crippen molar-refractivity contribution in [3.05, 3.63) is 35.9 Å². The molecule has 0 aromatic heterocycles. The van der Waals surface area contributed by atoms with Crippen LogP contribution in [-0.4, -0.2) is 6.09 Å². The third-order valence-electron chi connectivity index (χ3n) is 1.29. The number of carbonyl (C=O) groups is 1. The van der Waals surface area contributed by atoms with Crippen LogP contribution in [-0.2, 0) is 11.3 Å². The quantitative estimate of drug-likeness (QED) is 0.791. The zero-order valence-electron chi connectivity index (χ0n) is 6.29. The number of rotatable bonds is 2. The molecule has 0 saturated carbocycles. The molecule has 1 N–H and O–H groups in total. The maximum Gasteiger partial charge on any atom is 0.417 e. The number of ether oxygens (including phenoxy) is 1. The van der Waals surface area contributed by atoms with Gasteiger partial charge in [-0.2, -0.15) is 0 Å². The van der Waals surface area contributed by atoms with Gasteiger partial charge in [0.2, 0.25) is 0 Å². The zero-order valence-corrected chi connectivity index (χ0v) is 7.87. The van der Waals surface area contributed by atoms with Crippen molar-refractivity contribution in [3.63, 3.8) is 0 Å². The number of hydrogen-bond donors (Lipinski definition) is 1. The minimum atomic E-state index is -0.487. The van der Waals surface area contributed by atoms with Gasteiger partial charge in [-0.05, 0) is 5.56 Å². The minimum absolute atomic E-state index is 0.290. The van der Waals surface area contributed by atoms with Gasteiger partial charge < -0.3 is 4.74 Å². The smallest absolute Gasteiger partial charge is 0.417 e. The predicted molar refractivity (Wildman–Crippen MR) is 48.7 cm³/mol. The first-order valence-corrected chi connectivity index (χ1v) is 4.19. The highest BCUT2D eigenvalue weighted by Crippen LogP contribution is 2.00. The average molecular weight is 230 g/mol. The van der Waals surface area contributed by atoms with Gasteiger partial charge in [-0.25, -0.2) is 4.79 Å². The molecule has 3 nitrogen and oxygen atoms in total. The molecule has 0 saturated heterocycles. The van der Waals surface area contributed by atoms with Crippen LogP contribution in [0.1, 0.15) is 5.56 Å². The first-order valence-electron chi connectivity index (χ1n) is 3.40. The largest absolute Gasteiger partial charge is 0.444 e. The lowest BCUT2D eigenvalue weighted by atomic mass is 10.2. The normalized spacial score (nSPS) is 9.08. The molecule has 0 aliphatic heterocycles. The first kappa shape index (κ1) is 9.06. The molecule has 0 spiro atoms. The minimum Gasteiger partial charge on any atom is -0.444 e. The van der Waals surface area contributed by atoms with E-state index >= 15 is 0 Å². The van der Waals surface area contributed by atoms with Gasteiger partial charge in [-0.15, -0.1) is 0 Å². The first-order chi connectivity index (χ1) is 5.83. The van der Waals surface area contributed by atoms with Gasteiger partial charge in [0, 0.05) is 0 Å². The molecule has 64 valence electrons. The van der Waals surface area contributed by atoms with E-state index in [1.165, 1.54) is 0 Å². The van der Waals surface area contributed by atoms with Crippen molar-refractivity contribution in [1.82, 2.24) is 4.34 Å². The number of hydrogen-bond acceptors (Lipinski definition) is 2. The van der Waals surface area contributed by atoms with Crippen LogP contribution < -0.4 is 4.34 Å². The van der Waals surface area contributed by atoms with Crippen molar-refractivity contribution >= 4 is 22.2 Å². The summed E-state index contributed by atoms with van der Waals surface area (Å²) in [7, 11) is 0. The highest BCUT2D eigenvalue weighted by atomic mass is 79.9. The van der Waals surface area contributed by atoms with Gasteiger partial charge in [-0.1, -0.05) is 30.3 Å². The molecule has 0 bridgehead atoms. The molecule has 0 aliphatic carbocycles. The Morgan fingerprint density at radius 1 is 1.42 bits per heavy atom. The third kappa shape index (κ3) is 2.92. The van der Waals surface area contributed by atoms with E-state index < -0.39 is 6.09 Å². The fourth-order valence-corrected chi connectivity index (χ4v) is 0.865. The molecule has 1 aromatic carbocycles. The molecule has 4 heteroatoms.